The monoisotopic (exact) mass is 328 g/mol. The second kappa shape index (κ2) is 7.30. The molecule has 21 heavy (non-hydrogen) atoms. The highest BCUT2D eigenvalue weighted by Crippen LogP contribution is 2.22. The van der Waals surface area contributed by atoms with Crippen LogP contribution in [-0.2, 0) is 11.3 Å². The van der Waals surface area contributed by atoms with Crippen molar-refractivity contribution in [1.82, 2.24) is 10.2 Å². The predicted molar refractivity (Wildman–Crippen MR) is 87.1 cm³/mol. The fraction of sp³-hybridized carbons (Fsp3) is 0.625. The first-order chi connectivity index (χ1) is 10.2. The molecule has 5 heteroatoms. The van der Waals surface area contributed by atoms with Gasteiger partial charge in [0.2, 0.25) is 0 Å². The van der Waals surface area contributed by atoms with Gasteiger partial charge in [-0.25, -0.2) is 0 Å². The number of hydrogen-bond acceptors (Lipinski definition) is 3. The summed E-state index contributed by atoms with van der Waals surface area (Å²) in [4.78, 5) is 2.48. The maximum atomic E-state index is 6.06. The molecule has 3 nitrogen and oxygen atoms in total. The number of benzene rings is 1. The summed E-state index contributed by atoms with van der Waals surface area (Å²) >= 11 is 12.1. The third-order valence-electron chi connectivity index (χ3n) is 4.32. The molecular weight excluding hydrogens is 307 g/mol. The highest BCUT2D eigenvalue weighted by molar-refractivity contribution is 6.34. The van der Waals surface area contributed by atoms with Crippen molar-refractivity contribution in [3.05, 3.63) is 33.8 Å². The van der Waals surface area contributed by atoms with Crippen molar-refractivity contribution < 1.29 is 4.74 Å². The Labute approximate surface area is 136 Å². The topological polar surface area (TPSA) is 24.5 Å². The van der Waals surface area contributed by atoms with E-state index in [0.717, 1.165) is 49.3 Å². The van der Waals surface area contributed by atoms with Gasteiger partial charge in [-0.15, -0.1) is 0 Å². The van der Waals surface area contributed by atoms with E-state index >= 15 is 0 Å². The third kappa shape index (κ3) is 4.57. The highest BCUT2D eigenvalue weighted by Gasteiger charge is 2.23. The zero-order valence-corrected chi connectivity index (χ0v) is 13.7. The molecule has 0 bridgehead atoms. The van der Waals surface area contributed by atoms with Crippen molar-refractivity contribution >= 4 is 23.2 Å². The van der Waals surface area contributed by atoms with E-state index in [1.165, 1.54) is 18.4 Å². The van der Waals surface area contributed by atoms with Crippen LogP contribution in [0.5, 0.6) is 0 Å². The molecule has 2 aliphatic rings. The summed E-state index contributed by atoms with van der Waals surface area (Å²) in [7, 11) is 0. The van der Waals surface area contributed by atoms with Crippen LogP contribution in [0.2, 0.25) is 10.0 Å². The highest BCUT2D eigenvalue weighted by atomic mass is 35.5. The standard InChI is InChI=1S/C16H22Cl2N2O/c17-13-7-12(8-14(18)9-13)10-20-4-1-15(2-5-20)19-16-3-6-21-11-16/h7-9,15-16,19H,1-6,10-11H2/t16-/m0/s1. The Morgan fingerprint density at radius 1 is 1.05 bits per heavy atom. The van der Waals surface area contributed by atoms with Crippen LogP contribution in [0.3, 0.4) is 0 Å². The Morgan fingerprint density at radius 3 is 2.38 bits per heavy atom. The lowest BCUT2D eigenvalue weighted by atomic mass is 10.0. The van der Waals surface area contributed by atoms with Crippen LogP contribution in [0.15, 0.2) is 18.2 Å². The van der Waals surface area contributed by atoms with Gasteiger partial charge in [0.15, 0.2) is 0 Å². The van der Waals surface area contributed by atoms with E-state index in [2.05, 4.69) is 10.2 Å². The van der Waals surface area contributed by atoms with Crippen molar-refractivity contribution in [3.63, 3.8) is 0 Å². The Morgan fingerprint density at radius 2 is 1.76 bits per heavy atom. The van der Waals surface area contributed by atoms with Gasteiger partial charge in [0.1, 0.15) is 0 Å². The second-order valence-electron chi connectivity index (χ2n) is 6.06. The van der Waals surface area contributed by atoms with Crippen LogP contribution in [0.4, 0.5) is 0 Å². The van der Waals surface area contributed by atoms with Gasteiger partial charge >= 0.3 is 0 Å². The van der Waals surface area contributed by atoms with Gasteiger partial charge in [-0.05, 0) is 56.1 Å². The molecule has 0 aliphatic carbocycles. The van der Waals surface area contributed by atoms with E-state index in [-0.39, 0.29) is 0 Å². The summed E-state index contributed by atoms with van der Waals surface area (Å²) < 4.78 is 5.42. The molecule has 3 rings (SSSR count). The molecule has 0 unspecified atom stereocenters. The lowest BCUT2D eigenvalue weighted by Crippen LogP contribution is -2.46. The fourth-order valence-corrected chi connectivity index (χ4v) is 3.79. The number of nitrogens with zero attached hydrogens (tertiary/aromatic N) is 1. The number of piperidine rings is 1. The van der Waals surface area contributed by atoms with Crippen LogP contribution in [0, 0.1) is 0 Å². The Kier molecular flexibility index (Phi) is 5.41. The lowest BCUT2D eigenvalue weighted by Gasteiger charge is -2.33. The van der Waals surface area contributed by atoms with Crippen LogP contribution >= 0.6 is 23.2 Å². The van der Waals surface area contributed by atoms with Crippen molar-refractivity contribution in [1.29, 1.82) is 0 Å². The molecule has 0 aromatic heterocycles. The molecular formula is C16H22Cl2N2O. The quantitative estimate of drug-likeness (QED) is 0.917. The average Bonchev–Trinajstić information content (AvgIpc) is 2.93. The van der Waals surface area contributed by atoms with Gasteiger partial charge in [0.05, 0.1) is 6.61 Å². The molecule has 1 aromatic rings. The zero-order chi connectivity index (χ0) is 14.7. The molecule has 0 amide bonds. The molecule has 1 aromatic carbocycles. The molecule has 1 atom stereocenters. The maximum absolute atomic E-state index is 6.06. The molecule has 0 spiro atoms. The van der Waals surface area contributed by atoms with Crippen LogP contribution < -0.4 is 5.32 Å². The van der Waals surface area contributed by atoms with E-state index < -0.39 is 0 Å². The predicted octanol–water partition coefficient (Wildman–Crippen LogP) is 3.34. The number of rotatable bonds is 4. The lowest BCUT2D eigenvalue weighted by molar-refractivity contribution is 0.168. The van der Waals surface area contributed by atoms with E-state index in [0.29, 0.717) is 12.1 Å². The molecule has 0 saturated carbocycles. The minimum Gasteiger partial charge on any atom is -0.380 e. The van der Waals surface area contributed by atoms with Crippen LogP contribution in [-0.4, -0.2) is 43.3 Å². The fourth-order valence-electron chi connectivity index (χ4n) is 3.22. The molecule has 116 valence electrons. The minimum atomic E-state index is 0.563. The number of halogens is 2. The first-order valence-corrected chi connectivity index (χ1v) is 8.46. The van der Waals surface area contributed by atoms with Crippen LogP contribution in [0.1, 0.15) is 24.8 Å². The summed E-state index contributed by atoms with van der Waals surface area (Å²) in [5, 5.41) is 5.16. The largest absolute Gasteiger partial charge is 0.380 e. The first-order valence-electron chi connectivity index (χ1n) is 7.70. The van der Waals surface area contributed by atoms with Gasteiger partial charge in [-0.3, -0.25) is 4.90 Å². The van der Waals surface area contributed by atoms with Gasteiger partial charge < -0.3 is 10.1 Å². The van der Waals surface area contributed by atoms with Gasteiger partial charge in [0, 0.05) is 35.3 Å². The van der Waals surface area contributed by atoms with Crippen molar-refractivity contribution in [3.8, 4) is 0 Å². The Bertz CT molecular complexity index is 449. The first kappa shape index (κ1) is 15.6. The maximum Gasteiger partial charge on any atom is 0.0620 e. The smallest absolute Gasteiger partial charge is 0.0620 e. The number of ether oxygens (including phenoxy) is 1. The normalized spacial score (nSPS) is 24.6. The van der Waals surface area contributed by atoms with Gasteiger partial charge in [-0.1, -0.05) is 23.2 Å². The van der Waals surface area contributed by atoms with Gasteiger partial charge in [0.25, 0.3) is 0 Å². The second-order valence-corrected chi connectivity index (χ2v) is 6.93. The SMILES string of the molecule is Clc1cc(Cl)cc(CN2CCC(N[C@H]3CCOC3)CC2)c1. The summed E-state index contributed by atoms with van der Waals surface area (Å²) in [5.41, 5.74) is 1.20. The molecule has 1 N–H and O–H groups in total. The number of likely N-dealkylation sites (tertiary alicyclic amines) is 1. The Balaban J connectivity index is 1.46. The molecule has 0 radical (unpaired) electrons. The van der Waals surface area contributed by atoms with E-state index in [4.69, 9.17) is 27.9 Å². The van der Waals surface area contributed by atoms with E-state index in [1.54, 1.807) is 6.07 Å². The minimum absolute atomic E-state index is 0.563. The zero-order valence-electron chi connectivity index (χ0n) is 12.2. The van der Waals surface area contributed by atoms with Gasteiger partial charge in [-0.2, -0.15) is 0 Å². The summed E-state index contributed by atoms with van der Waals surface area (Å²) in [5.74, 6) is 0. The van der Waals surface area contributed by atoms with Crippen LogP contribution in [0.25, 0.3) is 0 Å². The van der Waals surface area contributed by atoms with E-state index in [1.807, 2.05) is 12.1 Å². The summed E-state index contributed by atoms with van der Waals surface area (Å²) in [6.07, 6.45) is 3.55. The molecule has 2 heterocycles. The Hall–Kier alpha value is -0.320. The van der Waals surface area contributed by atoms with Crippen molar-refractivity contribution in [2.24, 2.45) is 0 Å². The summed E-state index contributed by atoms with van der Waals surface area (Å²) in [6.45, 7) is 4.96. The summed E-state index contributed by atoms with van der Waals surface area (Å²) in [6, 6.07) is 7.00. The average molecular weight is 329 g/mol. The van der Waals surface area contributed by atoms with Crippen molar-refractivity contribution in [2.75, 3.05) is 26.3 Å². The molecule has 2 aliphatic heterocycles. The number of nitrogens with one attached hydrogen (secondary N) is 1. The third-order valence-corrected chi connectivity index (χ3v) is 4.75. The number of hydrogen-bond donors (Lipinski definition) is 1. The van der Waals surface area contributed by atoms with Crippen molar-refractivity contribution in [2.45, 2.75) is 37.9 Å². The molecule has 2 fully saturated rings. The molecule has 2 saturated heterocycles. The van der Waals surface area contributed by atoms with E-state index in [9.17, 15) is 0 Å².